The average molecular weight is 220 g/mol. The van der Waals surface area contributed by atoms with Gasteiger partial charge in [0.2, 0.25) is 0 Å². The largest absolute Gasteiger partial charge is 0.397 e. The lowest BCUT2D eigenvalue weighted by Crippen LogP contribution is -2.22. The van der Waals surface area contributed by atoms with Crippen molar-refractivity contribution in [3.8, 4) is 6.07 Å². The monoisotopic (exact) mass is 220 g/mol. The van der Waals surface area contributed by atoms with Crippen molar-refractivity contribution in [2.45, 2.75) is 6.42 Å². The zero-order chi connectivity index (χ0) is 12.0. The maximum absolute atomic E-state index is 8.97. The molecule has 0 saturated carbocycles. The Balaban J connectivity index is 2.75. The lowest BCUT2D eigenvalue weighted by molar-refractivity contribution is 0.196. The van der Waals surface area contributed by atoms with E-state index < -0.39 is 0 Å². The quantitative estimate of drug-likeness (QED) is 0.749. The van der Waals surface area contributed by atoms with Gasteiger partial charge in [0.15, 0.2) is 0 Å². The van der Waals surface area contributed by atoms with E-state index in [1.165, 1.54) is 0 Å². The van der Waals surface area contributed by atoms with Gasteiger partial charge < -0.3 is 15.4 Å². The van der Waals surface area contributed by atoms with Crippen LogP contribution in [-0.4, -0.2) is 32.3 Å². The van der Waals surface area contributed by atoms with Gasteiger partial charge in [0.1, 0.15) is 11.9 Å². The van der Waals surface area contributed by atoms with Crippen molar-refractivity contribution < 1.29 is 4.74 Å². The Bertz CT molecular complexity index is 386. The van der Waals surface area contributed by atoms with Gasteiger partial charge in [-0.25, -0.2) is 4.98 Å². The van der Waals surface area contributed by atoms with Gasteiger partial charge >= 0.3 is 0 Å². The van der Waals surface area contributed by atoms with Crippen molar-refractivity contribution in [1.29, 1.82) is 5.26 Å². The molecule has 0 fully saturated rings. The molecule has 0 radical (unpaired) electrons. The summed E-state index contributed by atoms with van der Waals surface area (Å²) in [4.78, 5) is 6.09. The van der Waals surface area contributed by atoms with Crippen molar-refractivity contribution in [2.75, 3.05) is 37.9 Å². The number of hydrogen-bond acceptors (Lipinski definition) is 5. The molecule has 0 bridgehead atoms. The summed E-state index contributed by atoms with van der Waals surface area (Å²) >= 11 is 0. The molecule has 0 aliphatic heterocycles. The highest BCUT2D eigenvalue weighted by molar-refractivity contribution is 5.58. The van der Waals surface area contributed by atoms with Crippen LogP contribution in [0.3, 0.4) is 0 Å². The average Bonchev–Trinajstić information content (AvgIpc) is 2.29. The number of nitrogens with zero attached hydrogens (tertiary/aromatic N) is 3. The van der Waals surface area contributed by atoms with Crippen LogP contribution in [0, 0.1) is 11.3 Å². The molecule has 5 nitrogen and oxygen atoms in total. The first-order valence-corrected chi connectivity index (χ1v) is 5.04. The van der Waals surface area contributed by atoms with E-state index >= 15 is 0 Å². The normalized spacial score (nSPS) is 9.81. The third kappa shape index (κ3) is 3.11. The molecule has 1 heterocycles. The molecule has 0 unspecified atom stereocenters. The molecule has 0 aromatic carbocycles. The first-order valence-electron chi connectivity index (χ1n) is 5.04. The van der Waals surface area contributed by atoms with E-state index in [1.54, 1.807) is 19.4 Å². The molecule has 0 atom stereocenters. The summed E-state index contributed by atoms with van der Waals surface area (Å²) in [7, 11) is 3.57. The number of rotatable bonds is 5. The number of pyridine rings is 1. The van der Waals surface area contributed by atoms with Crippen LogP contribution >= 0.6 is 0 Å². The summed E-state index contributed by atoms with van der Waals surface area (Å²) in [6, 6.07) is 3.73. The SMILES string of the molecule is COCCCN(C)c1ncc(N)cc1C#N. The summed E-state index contributed by atoms with van der Waals surface area (Å²) in [6.07, 6.45) is 2.45. The first kappa shape index (κ1) is 12.3. The Morgan fingerprint density at radius 1 is 1.62 bits per heavy atom. The van der Waals surface area contributed by atoms with Crippen LogP contribution in [0.4, 0.5) is 11.5 Å². The van der Waals surface area contributed by atoms with Crippen LogP contribution < -0.4 is 10.6 Å². The van der Waals surface area contributed by atoms with Crippen LogP contribution in [0.2, 0.25) is 0 Å². The van der Waals surface area contributed by atoms with Gasteiger partial charge in [-0.3, -0.25) is 0 Å². The van der Waals surface area contributed by atoms with Gasteiger partial charge in [-0.1, -0.05) is 0 Å². The van der Waals surface area contributed by atoms with Gasteiger partial charge in [0, 0.05) is 27.3 Å². The topological polar surface area (TPSA) is 75.2 Å². The molecule has 1 aromatic heterocycles. The van der Waals surface area contributed by atoms with Gasteiger partial charge in [0.05, 0.1) is 17.4 Å². The molecule has 1 aromatic rings. The number of anilines is 2. The summed E-state index contributed by atoms with van der Waals surface area (Å²) < 4.78 is 4.97. The van der Waals surface area contributed by atoms with Crippen molar-refractivity contribution in [3.63, 3.8) is 0 Å². The predicted molar refractivity (Wildman–Crippen MR) is 63.1 cm³/mol. The second kappa shape index (κ2) is 5.93. The minimum absolute atomic E-state index is 0.500. The standard InChI is InChI=1S/C11H16N4O/c1-15(4-3-5-16-2)11-9(7-12)6-10(13)8-14-11/h6,8H,3-5,13H2,1-2H3. The molecular formula is C11H16N4O. The minimum atomic E-state index is 0.500. The highest BCUT2D eigenvalue weighted by Gasteiger charge is 2.08. The smallest absolute Gasteiger partial charge is 0.146 e. The molecule has 0 aliphatic carbocycles. The minimum Gasteiger partial charge on any atom is -0.397 e. The van der Waals surface area contributed by atoms with E-state index in [0.717, 1.165) is 13.0 Å². The van der Waals surface area contributed by atoms with Gasteiger partial charge in [-0.05, 0) is 12.5 Å². The van der Waals surface area contributed by atoms with E-state index in [1.807, 2.05) is 11.9 Å². The predicted octanol–water partition coefficient (Wildman–Crippen LogP) is 1.01. The fourth-order valence-electron chi connectivity index (χ4n) is 1.41. The second-order valence-electron chi connectivity index (χ2n) is 3.52. The molecule has 0 amide bonds. The van der Waals surface area contributed by atoms with Crippen LogP contribution in [-0.2, 0) is 4.74 Å². The summed E-state index contributed by atoms with van der Waals surface area (Å²) in [5, 5.41) is 8.97. The molecule has 1 rings (SSSR count). The summed E-state index contributed by atoms with van der Waals surface area (Å²) in [5.74, 6) is 0.660. The van der Waals surface area contributed by atoms with E-state index in [4.69, 9.17) is 15.7 Å². The van der Waals surface area contributed by atoms with Crippen molar-refractivity contribution >= 4 is 11.5 Å². The molecule has 5 heteroatoms. The number of ether oxygens (including phenoxy) is 1. The van der Waals surface area contributed by atoms with E-state index in [9.17, 15) is 0 Å². The fraction of sp³-hybridized carbons (Fsp3) is 0.455. The third-order valence-corrected chi connectivity index (χ3v) is 2.21. The van der Waals surface area contributed by atoms with E-state index in [2.05, 4.69) is 11.1 Å². The van der Waals surface area contributed by atoms with Crippen LogP contribution in [0.15, 0.2) is 12.3 Å². The highest BCUT2D eigenvalue weighted by Crippen LogP contribution is 2.17. The maximum atomic E-state index is 8.97. The summed E-state index contributed by atoms with van der Waals surface area (Å²) in [5.41, 5.74) is 6.58. The first-order chi connectivity index (χ1) is 7.69. The maximum Gasteiger partial charge on any atom is 0.146 e. The van der Waals surface area contributed by atoms with Gasteiger partial charge in [-0.2, -0.15) is 5.26 Å². The Morgan fingerprint density at radius 3 is 3.00 bits per heavy atom. The fourth-order valence-corrected chi connectivity index (χ4v) is 1.41. The van der Waals surface area contributed by atoms with Crippen LogP contribution in [0.5, 0.6) is 0 Å². The Hall–Kier alpha value is -1.80. The van der Waals surface area contributed by atoms with Crippen molar-refractivity contribution in [2.24, 2.45) is 0 Å². The zero-order valence-electron chi connectivity index (χ0n) is 9.60. The van der Waals surface area contributed by atoms with Gasteiger partial charge in [-0.15, -0.1) is 0 Å². The van der Waals surface area contributed by atoms with Crippen molar-refractivity contribution in [1.82, 2.24) is 4.98 Å². The van der Waals surface area contributed by atoms with Crippen LogP contribution in [0.25, 0.3) is 0 Å². The molecule has 2 N–H and O–H groups in total. The lowest BCUT2D eigenvalue weighted by Gasteiger charge is -2.18. The molecule has 86 valence electrons. The second-order valence-corrected chi connectivity index (χ2v) is 3.52. The lowest BCUT2D eigenvalue weighted by atomic mass is 10.2. The molecular weight excluding hydrogens is 204 g/mol. The number of nitriles is 1. The Morgan fingerprint density at radius 2 is 2.38 bits per heavy atom. The number of nitrogen functional groups attached to an aromatic ring is 1. The number of nitrogens with two attached hydrogens (primary N) is 1. The highest BCUT2D eigenvalue weighted by atomic mass is 16.5. The van der Waals surface area contributed by atoms with Crippen LogP contribution in [0.1, 0.15) is 12.0 Å². The van der Waals surface area contributed by atoms with Crippen molar-refractivity contribution in [3.05, 3.63) is 17.8 Å². The number of aromatic nitrogens is 1. The molecule has 0 aliphatic rings. The Labute approximate surface area is 95.4 Å². The molecule has 0 saturated heterocycles. The Kier molecular flexibility index (Phi) is 4.55. The van der Waals surface area contributed by atoms with E-state index in [0.29, 0.717) is 23.7 Å². The van der Waals surface area contributed by atoms with E-state index in [-0.39, 0.29) is 0 Å². The number of methoxy groups -OCH3 is 1. The number of hydrogen-bond donors (Lipinski definition) is 1. The molecule has 16 heavy (non-hydrogen) atoms. The zero-order valence-corrected chi connectivity index (χ0v) is 9.60. The third-order valence-electron chi connectivity index (χ3n) is 2.21. The molecule has 0 spiro atoms. The van der Waals surface area contributed by atoms with Gasteiger partial charge in [0.25, 0.3) is 0 Å². The summed E-state index contributed by atoms with van der Waals surface area (Å²) in [6.45, 7) is 1.49.